The number of benzene rings is 3. The van der Waals surface area contributed by atoms with Crippen LogP contribution in [0.25, 0.3) is 22.5 Å². The molecule has 1 fully saturated rings. The van der Waals surface area contributed by atoms with Gasteiger partial charge in [0.25, 0.3) is 5.91 Å². The first-order chi connectivity index (χ1) is 19.2. The molecule has 0 bridgehead atoms. The van der Waals surface area contributed by atoms with Crippen molar-refractivity contribution in [1.82, 2.24) is 19.7 Å². The number of hydrogen-bond acceptors (Lipinski definition) is 4. The zero-order valence-electron chi connectivity index (χ0n) is 22.4. The number of carbonyl (C=O) groups is 1. The van der Waals surface area contributed by atoms with Crippen LogP contribution in [0, 0.1) is 5.92 Å². The van der Waals surface area contributed by atoms with E-state index in [1.54, 1.807) is 18.5 Å². The molecule has 1 aromatic heterocycles. The summed E-state index contributed by atoms with van der Waals surface area (Å²) in [5.74, 6) is 0.790. The number of rotatable bonds is 5. The van der Waals surface area contributed by atoms with Crippen molar-refractivity contribution in [3.05, 3.63) is 89.2 Å². The van der Waals surface area contributed by atoms with Gasteiger partial charge in [-0.3, -0.25) is 9.69 Å². The van der Waals surface area contributed by atoms with Crippen LogP contribution in [-0.4, -0.2) is 38.7 Å². The van der Waals surface area contributed by atoms with Gasteiger partial charge in [-0.2, -0.15) is 13.2 Å². The van der Waals surface area contributed by atoms with E-state index in [4.69, 9.17) is 0 Å². The maximum atomic E-state index is 14.3. The molecule has 0 saturated carbocycles. The Bertz CT molecular complexity index is 1580. The normalized spacial score (nSPS) is 17.9. The average Bonchev–Trinajstić information content (AvgIpc) is 3.50. The van der Waals surface area contributed by atoms with E-state index in [0.717, 1.165) is 42.6 Å². The number of alkyl halides is 3. The van der Waals surface area contributed by atoms with Crippen molar-refractivity contribution in [2.24, 2.45) is 13.0 Å². The molecule has 206 valence electrons. The smallest absolute Gasteiger partial charge is 0.317 e. The van der Waals surface area contributed by atoms with E-state index in [2.05, 4.69) is 22.0 Å². The maximum Gasteiger partial charge on any atom is 0.416 e. The summed E-state index contributed by atoms with van der Waals surface area (Å²) in [4.78, 5) is 17.3. The third-order valence-corrected chi connectivity index (χ3v) is 7.90. The van der Waals surface area contributed by atoms with Gasteiger partial charge in [0.2, 0.25) is 0 Å². The van der Waals surface area contributed by atoms with Crippen molar-refractivity contribution in [2.45, 2.75) is 39.0 Å². The zero-order valence-corrected chi connectivity index (χ0v) is 22.4. The van der Waals surface area contributed by atoms with Crippen molar-refractivity contribution < 1.29 is 18.0 Å². The molecule has 2 aliphatic rings. The summed E-state index contributed by atoms with van der Waals surface area (Å²) in [7, 11) is 1.86. The van der Waals surface area contributed by atoms with Crippen LogP contribution in [0.15, 0.2) is 67.0 Å². The lowest BCUT2D eigenvalue weighted by Gasteiger charge is -2.31. The first-order valence-corrected chi connectivity index (χ1v) is 13.5. The number of aryl methyl sites for hydroxylation is 1. The van der Waals surface area contributed by atoms with E-state index in [1.165, 1.54) is 11.0 Å². The van der Waals surface area contributed by atoms with Crippen molar-refractivity contribution in [3.8, 4) is 22.5 Å². The molecule has 0 unspecified atom stereocenters. The minimum Gasteiger partial charge on any atom is -0.317 e. The van der Waals surface area contributed by atoms with Crippen molar-refractivity contribution in [1.29, 1.82) is 0 Å². The molecular formula is C31H30F3N5O. The lowest BCUT2D eigenvalue weighted by molar-refractivity contribution is -0.138. The molecule has 40 heavy (non-hydrogen) atoms. The minimum atomic E-state index is -4.55. The van der Waals surface area contributed by atoms with Crippen LogP contribution in [0.4, 0.5) is 18.9 Å². The van der Waals surface area contributed by atoms with Gasteiger partial charge >= 0.3 is 6.18 Å². The van der Waals surface area contributed by atoms with Crippen LogP contribution in [0.2, 0.25) is 0 Å². The molecule has 6 rings (SSSR count). The van der Waals surface area contributed by atoms with E-state index in [1.807, 2.05) is 54.1 Å². The molecule has 3 heterocycles. The van der Waals surface area contributed by atoms with E-state index < -0.39 is 17.6 Å². The highest BCUT2D eigenvalue weighted by atomic mass is 19.4. The standard InChI is InChI=1S/C31H30F3N5O/c1-20-7-6-12-38(16-20)17-21-13-26-27(28(14-21)31(32,33)34)18-39(30(26)40)23-9-5-8-22(15-23)24-10-3-4-11-25(24)29-36-35-19-37(29)2/h3-5,8-11,13-15,19-20H,6-7,12,16-18H2,1-2H3/t20-/m0/s1. The molecule has 3 aromatic carbocycles. The summed E-state index contributed by atoms with van der Waals surface area (Å²) in [6, 6.07) is 18.0. The van der Waals surface area contributed by atoms with Gasteiger partial charge in [-0.25, -0.2) is 0 Å². The average molecular weight is 546 g/mol. The summed E-state index contributed by atoms with van der Waals surface area (Å²) in [6.07, 6.45) is -0.769. The Kier molecular flexibility index (Phi) is 6.70. The Morgan fingerprint density at radius 1 is 1.00 bits per heavy atom. The third-order valence-electron chi connectivity index (χ3n) is 7.90. The van der Waals surface area contributed by atoms with Crippen LogP contribution in [0.1, 0.15) is 46.8 Å². The van der Waals surface area contributed by atoms with E-state index in [9.17, 15) is 18.0 Å². The molecule has 6 nitrogen and oxygen atoms in total. The Balaban J connectivity index is 1.35. The van der Waals surface area contributed by atoms with Gasteiger partial charge in [-0.1, -0.05) is 43.3 Å². The van der Waals surface area contributed by atoms with Crippen molar-refractivity contribution in [2.75, 3.05) is 18.0 Å². The summed E-state index contributed by atoms with van der Waals surface area (Å²) < 4.78 is 44.6. The molecule has 0 N–H and O–H groups in total. The van der Waals surface area contributed by atoms with Crippen molar-refractivity contribution >= 4 is 11.6 Å². The lowest BCUT2D eigenvalue weighted by atomic mass is 9.96. The minimum absolute atomic E-state index is 0.0400. The molecule has 0 radical (unpaired) electrons. The van der Waals surface area contributed by atoms with Gasteiger partial charge in [0.15, 0.2) is 5.82 Å². The van der Waals surface area contributed by atoms with Gasteiger partial charge in [-0.15, -0.1) is 10.2 Å². The predicted octanol–water partition coefficient (Wildman–Crippen LogP) is 6.56. The second kappa shape index (κ2) is 10.2. The Labute approximate surface area is 231 Å². The molecule has 1 amide bonds. The number of amides is 1. The Hall–Kier alpha value is -3.98. The third kappa shape index (κ3) is 4.90. The number of likely N-dealkylation sites (tertiary alicyclic amines) is 1. The Morgan fingerprint density at radius 2 is 1.80 bits per heavy atom. The van der Waals surface area contributed by atoms with E-state index in [-0.39, 0.29) is 17.7 Å². The van der Waals surface area contributed by atoms with Crippen molar-refractivity contribution in [3.63, 3.8) is 0 Å². The zero-order chi connectivity index (χ0) is 28.0. The summed E-state index contributed by atoms with van der Waals surface area (Å²) in [5, 5.41) is 8.22. The first-order valence-electron chi connectivity index (χ1n) is 13.5. The van der Waals surface area contributed by atoms with Crippen LogP contribution < -0.4 is 4.90 Å². The first kappa shape index (κ1) is 26.3. The molecule has 1 atom stereocenters. The molecule has 2 aliphatic heterocycles. The number of carbonyl (C=O) groups excluding carboxylic acids is 1. The second-order valence-corrected chi connectivity index (χ2v) is 10.9. The summed E-state index contributed by atoms with van der Waals surface area (Å²) >= 11 is 0. The number of hydrogen-bond donors (Lipinski definition) is 0. The van der Waals surface area contributed by atoms with Gasteiger partial charge < -0.3 is 9.47 Å². The number of fused-ring (bicyclic) bond motifs is 1. The monoisotopic (exact) mass is 545 g/mol. The molecule has 0 spiro atoms. The molecular weight excluding hydrogens is 515 g/mol. The molecule has 9 heteroatoms. The lowest BCUT2D eigenvalue weighted by Crippen LogP contribution is -2.33. The number of nitrogens with zero attached hydrogens (tertiary/aromatic N) is 5. The highest BCUT2D eigenvalue weighted by Crippen LogP contribution is 2.41. The van der Waals surface area contributed by atoms with E-state index in [0.29, 0.717) is 29.5 Å². The Morgan fingerprint density at radius 3 is 2.52 bits per heavy atom. The predicted molar refractivity (Wildman–Crippen MR) is 148 cm³/mol. The number of piperidine rings is 1. The van der Waals surface area contributed by atoms with Crippen LogP contribution in [0.3, 0.4) is 0 Å². The fourth-order valence-corrected chi connectivity index (χ4v) is 6.01. The highest BCUT2D eigenvalue weighted by molar-refractivity contribution is 6.10. The second-order valence-electron chi connectivity index (χ2n) is 10.9. The van der Waals surface area contributed by atoms with Gasteiger partial charge in [-0.05, 0) is 71.8 Å². The van der Waals surface area contributed by atoms with Gasteiger partial charge in [0, 0.05) is 37.0 Å². The van der Waals surface area contributed by atoms with E-state index >= 15 is 0 Å². The topological polar surface area (TPSA) is 54.3 Å². The molecule has 4 aromatic rings. The SMILES string of the molecule is C[C@H]1CCCN(Cc2cc3c(c(C(F)(F)F)c2)CN(c2cccc(-c4ccccc4-c4nncn4C)c2)C3=O)C1. The largest absolute Gasteiger partial charge is 0.416 e. The summed E-state index contributed by atoms with van der Waals surface area (Å²) in [6.45, 7) is 4.14. The van der Waals surface area contributed by atoms with Gasteiger partial charge in [0.05, 0.1) is 12.1 Å². The van der Waals surface area contributed by atoms with Crippen LogP contribution in [0.5, 0.6) is 0 Å². The van der Waals surface area contributed by atoms with Crippen LogP contribution in [-0.2, 0) is 26.3 Å². The molecule has 1 saturated heterocycles. The quantitative estimate of drug-likeness (QED) is 0.285. The molecule has 0 aliphatic carbocycles. The maximum absolute atomic E-state index is 14.3. The van der Waals surface area contributed by atoms with Gasteiger partial charge in [0.1, 0.15) is 6.33 Å². The number of anilines is 1. The number of aromatic nitrogens is 3. The van der Waals surface area contributed by atoms with Crippen LogP contribution >= 0.6 is 0 Å². The highest BCUT2D eigenvalue weighted by Gasteiger charge is 2.40. The fraction of sp³-hybridized carbons (Fsp3) is 0.323. The summed E-state index contributed by atoms with van der Waals surface area (Å²) in [5.41, 5.74) is 3.12. The fourth-order valence-electron chi connectivity index (χ4n) is 6.01. The number of halogens is 3.